The fourth-order valence-corrected chi connectivity index (χ4v) is 2.45. The van der Waals surface area contributed by atoms with Crippen molar-refractivity contribution in [3.8, 4) is 5.75 Å². The third kappa shape index (κ3) is 3.88. The fourth-order valence-electron chi connectivity index (χ4n) is 2.45. The number of benzene rings is 1. The van der Waals surface area contributed by atoms with Crippen LogP contribution in [0.3, 0.4) is 0 Å². The monoisotopic (exact) mass is 293 g/mol. The topological polar surface area (TPSA) is 70.0 Å². The molecule has 5 nitrogen and oxygen atoms in total. The largest absolute Gasteiger partial charge is 0.508 e. The first-order chi connectivity index (χ1) is 9.80. The molecule has 0 bridgehead atoms. The minimum absolute atomic E-state index is 0.113. The summed E-state index contributed by atoms with van der Waals surface area (Å²) in [7, 11) is 0. The number of aliphatic hydroxyl groups excluding tert-OH is 1. The van der Waals surface area contributed by atoms with Crippen molar-refractivity contribution < 1.29 is 19.7 Å². The van der Waals surface area contributed by atoms with E-state index in [1.165, 1.54) is 0 Å². The van der Waals surface area contributed by atoms with Gasteiger partial charge in [0.25, 0.3) is 0 Å². The molecule has 0 unspecified atom stereocenters. The number of aliphatic hydroxyl groups is 1. The van der Waals surface area contributed by atoms with E-state index in [-0.39, 0.29) is 18.4 Å². The number of carbonyl (C=O) groups is 1. The minimum Gasteiger partial charge on any atom is -0.508 e. The molecule has 0 saturated carbocycles. The number of nitrogens with zero attached hydrogens (tertiary/aromatic N) is 1. The molecule has 21 heavy (non-hydrogen) atoms. The molecule has 2 N–H and O–H groups in total. The van der Waals surface area contributed by atoms with Crippen LogP contribution in [0.25, 0.3) is 0 Å². The molecule has 1 amide bonds. The summed E-state index contributed by atoms with van der Waals surface area (Å²) in [5.41, 5.74) is 2.12. The molecule has 0 radical (unpaired) electrons. The van der Waals surface area contributed by atoms with Crippen molar-refractivity contribution in [2.45, 2.75) is 45.8 Å². The summed E-state index contributed by atoms with van der Waals surface area (Å²) in [6.45, 7) is 6.52. The molecular formula is C16H23NO4. The highest BCUT2D eigenvalue weighted by atomic mass is 16.6. The first-order valence-electron chi connectivity index (χ1n) is 7.22. The average molecular weight is 293 g/mol. The van der Waals surface area contributed by atoms with Crippen LogP contribution in [0.4, 0.5) is 4.79 Å². The lowest BCUT2D eigenvalue weighted by molar-refractivity contribution is 0.0258. The molecule has 0 saturated heterocycles. The van der Waals surface area contributed by atoms with Crippen molar-refractivity contribution in [3.63, 3.8) is 0 Å². The van der Waals surface area contributed by atoms with Gasteiger partial charge in [0.1, 0.15) is 11.4 Å². The average Bonchev–Trinajstić information content (AvgIpc) is 2.57. The highest BCUT2D eigenvalue weighted by Gasteiger charge is 2.24. The van der Waals surface area contributed by atoms with Crippen LogP contribution in [0.5, 0.6) is 5.75 Å². The van der Waals surface area contributed by atoms with Gasteiger partial charge in [-0.25, -0.2) is 4.79 Å². The predicted octanol–water partition coefficient (Wildman–Crippen LogP) is 2.22. The van der Waals surface area contributed by atoms with Gasteiger partial charge in [0.05, 0.1) is 6.61 Å². The van der Waals surface area contributed by atoms with E-state index in [2.05, 4.69) is 0 Å². The molecule has 0 atom stereocenters. The molecule has 0 aliphatic carbocycles. The van der Waals surface area contributed by atoms with Crippen molar-refractivity contribution in [1.29, 1.82) is 0 Å². The summed E-state index contributed by atoms with van der Waals surface area (Å²) in [6.07, 6.45) is 1.07. The second-order valence-corrected chi connectivity index (χ2v) is 6.38. The van der Waals surface area contributed by atoms with E-state index < -0.39 is 5.60 Å². The zero-order valence-electron chi connectivity index (χ0n) is 12.8. The number of phenols is 1. The molecule has 0 fully saturated rings. The molecule has 116 valence electrons. The SMILES string of the molecule is CC(C)(C)OC(=O)N1CCc2cc(O)c(CO)cc2CC1. The third-order valence-corrected chi connectivity index (χ3v) is 3.53. The Hall–Kier alpha value is -1.75. The number of amides is 1. The van der Waals surface area contributed by atoms with Crippen molar-refractivity contribution >= 4 is 6.09 Å². The van der Waals surface area contributed by atoms with Crippen LogP contribution < -0.4 is 0 Å². The van der Waals surface area contributed by atoms with E-state index in [0.29, 0.717) is 31.5 Å². The summed E-state index contributed by atoms with van der Waals surface area (Å²) in [6, 6.07) is 3.52. The lowest BCUT2D eigenvalue weighted by Crippen LogP contribution is -2.38. The number of hydrogen-bond acceptors (Lipinski definition) is 4. The van der Waals surface area contributed by atoms with Crippen molar-refractivity contribution in [1.82, 2.24) is 4.90 Å². The van der Waals surface area contributed by atoms with E-state index in [4.69, 9.17) is 4.74 Å². The van der Waals surface area contributed by atoms with Crippen LogP contribution in [0.15, 0.2) is 12.1 Å². The van der Waals surface area contributed by atoms with Crippen LogP contribution in [0.2, 0.25) is 0 Å². The Kier molecular flexibility index (Phi) is 4.42. The van der Waals surface area contributed by atoms with Gasteiger partial charge in [0.15, 0.2) is 0 Å². The Labute approximate surface area is 125 Å². The van der Waals surface area contributed by atoms with Gasteiger partial charge >= 0.3 is 6.09 Å². The molecule has 1 aliphatic heterocycles. The van der Waals surface area contributed by atoms with Crippen molar-refractivity contribution in [2.24, 2.45) is 0 Å². The van der Waals surface area contributed by atoms with E-state index in [0.717, 1.165) is 11.1 Å². The summed E-state index contributed by atoms with van der Waals surface area (Å²) in [5.74, 6) is 0.113. The van der Waals surface area contributed by atoms with Gasteiger partial charge in [-0.3, -0.25) is 0 Å². The molecule has 1 heterocycles. The molecule has 0 aromatic heterocycles. The molecule has 2 rings (SSSR count). The summed E-state index contributed by atoms with van der Waals surface area (Å²) in [5, 5.41) is 19.0. The number of aromatic hydroxyl groups is 1. The van der Waals surface area contributed by atoms with Crippen LogP contribution in [0.1, 0.15) is 37.5 Å². The van der Waals surface area contributed by atoms with Crippen LogP contribution in [-0.4, -0.2) is 39.9 Å². The molecular weight excluding hydrogens is 270 g/mol. The van der Waals surface area contributed by atoms with Gasteiger partial charge < -0.3 is 19.8 Å². The zero-order valence-corrected chi connectivity index (χ0v) is 12.8. The standard InChI is InChI=1S/C16H23NO4/c1-16(2,3)21-15(20)17-6-4-11-8-13(10-18)14(19)9-12(11)5-7-17/h8-9,18-19H,4-7,10H2,1-3H3. The normalized spacial score (nSPS) is 15.3. The summed E-state index contributed by atoms with van der Waals surface area (Å²) in [4.78, 5) is 13.8. The van der Waals surface area contributed by atoms with Gasteiger partial charge in [-0.1, -0.05) is 0 Å². The molecule has 5 heteroatoms. The number of ether oxygens (including phenoxy) is 1. The molecule has 1 aromatic carbocycles. The first kappa shape index (κ1) is 15.6. The quantitative estimate of drug-likeness (QED) is 0.833. The fraction of sp³-hybridized carbons (Fsp3) is 0.562. The summed E-state index contributed by atoms with van der Waals surface area (Å²) >= 11 is 0. The maximum Gasteiger partial charge on any atom is 0.410 e. The second kappa shape index (κ2) is 5.93. The number of fused-ring (bicyclic) bond motifs is 1. The smallest absolute Gasteiger partial charge is 0.410 e. The van der Waals surface area contributed by atoms with Crippen LogP contribution in [-0.2, 0) is 24.2 Å². The minimum atomic E-state index is -0.501. The molecule has 1 aromatic rings. The Balaban J connectivity index is 2.12. The maximum absolute atomic E-state index is 12.1. The Morgan fingerprint density at radius 2 is 1.81 bits per heavy atom. The highest BCUT2D eigenvalue weighted by molar-refractivity contribution is 5.68. The lowest BCUT2D eigenvalue weighted by Gasteiger charge is -2.26. The predicted molar refractivity (Wildman–Crippen MR) is 79.2 cm³/mol. The van der Waals surface area contributed by atoms with Gasteiger partial charge in [0, 0.05) is 18.7 Å². The number of hydrogen-bond donors (Lipinski definition) is 2. The Bertz CT molecular complexity index is 534. The van der Waals surface area contributed by atoms with E-state index in [1.54, 1.807) is 11.0 Å². The second-order valence-electron chi connectivity index (χ2n) is 6.38. The zero-order chi connectivity index (χ0) is 15.6. The van der Waals surface area contributed by atoms with E-state index in [1.807, 2.05) is 26.8 Å². The Morgan fingerprint density at radius 3 is 2.33 bits per heavy atom. The lowest BCUT2D eigenvalue weighted by atomic mass is 9.99. The first-order valence-corrected chi connectivity index (χ1v) is 7.22. The molecule has 0 spiro atoms. The summed E-state index contributed by atoms with van der Waals surface area (Å²) < 4.78 is 5.40. The van der Waals surface area contributed by atoms with Gasteiger partial charge in [-0.05, 0) is 56.9 Å². The third-order valence-electron chi connectivity index (χ3n) is 3.53. The van der Waals surface area contributed by atoms with Crippen LogP contribution in [0, 0.1) is 0 Å². The Morgan fingerprint density at radius 1 is 1.24 bits per heavy atom. The van der Waals surface area contributed by atoms with E-state index >= 15 is 0 Å². The van der Waals surface area contributed by atoms with Gasteiger partial charge in [-0.15, -0.1) is 0 Å². The molecule has 1 aliphatic rings. The van der Waals surface area contributed by atoms with E-state index in [9.17, 15) is 15.0 Å². The van der Waals surface area contributed by atoms with Gasteiger partial charge in [-0.2, -0.15) is 0 Å². The van der Waals surface area contributed by atoms with Crippen molar-refractivity contribution in [3.05, 3.63) is 28.8 Å². The number of rotatable bonds is 1. The van der Waals surface area contributed by atoms with Crippen LogP contribution >= 0.6 is 0 Å². The maximum atomic E-state index is 12.1. The van der Waals surface area contributed by atoms with Gasteiger partial charge in [0.2, 0.25) is 0 Å². The van der Waals surface area contributed by atoms with Crippen molar-refractivity contribution in [2.75, 3.05) is 13.1 Å². The number of carbonyl (C=O) groups excluding carboxylic acids is 1. The highest BCUT2D eigenvalue weighted by Crippen LogP contribution is 2.26.